The number of anilines is 1. The van der Waals surface area contributed by atoms with E-state index in [9.17, 15) is 13.2 Å². The first-order valence-electron chi connectivity index (χ1n) is 10.3. The van der Waals surface area contributed by atoms with E-state index in [1.165, 1.54) is 16.7 Å². The number of fused-ring (bicyclic) bond motifs is 1. The van der Waals surface area contributed by atoms with Gasteiger partial charge in [0.15, 0.2) is 5.82 Å². The molecular weight excluding hydrogens is 409 g/mol. The van der Waals surface area contributed by atoms with Gasteiger partial charge in [0.2, 0.25) is 0 Å². The van der Waals surface area contributed by atoms with Gasteiger partial charge in [-0.05, 0) is 25.1 Å². The van der Waals surface area contributed by atoms with E-state index >= 15 is 0 Å². The largest absolute Gasteiger partial charge is 0.417 e. The molecule has 2 atom stereocenters. The minimum atomic E-state index is -4.44. The fourth-order valence-electron chi connectivity index (χ4n) is 4.48. The van der Waals surface area contributed by atoms with Crippen LogP contribution < -0.4 is 21.1 Å². The molecule has 0 amide bonds. The van der Waals surface area contributed by atoms with E-state index in [1.54, 1.807) is 6.20 Å². The van der Waals surface area contributed by atoms with E-state index in [-0.39, 0.29) is 6.04 Å². The number of hydrazine groups is 1. The molecule has 0 spiro atoms. The van der Waals surface area contributed by atoms with Crippen LogP contribution >= 0.6 is 0 Å². The molecule has 2 aliphatic heterocycles. The average molecular weight is 432 g/mol. The highest BCUT2D eigenvalue weighted by Crippen LogP contribution is 2.31. The molecule has 5 rings (SSSR count). The first kappa shape index (κ1) is 20.2. The fourth-order valence-corrected chi connectivity index (χ4v) is 4.48. The highest BCUT2D eigenvalue weighted by Gasteiger charge is 2.35. The van der Waals surface area contributed by atoms with Gasteiger partial charge in [-0.15, -0.1) is 0 Å². The maximum atomic E-state index is 13.2. The van der Waals surface area contributed by atoms with Crippen molar-refractivity contribution in [3.63, 3.8) is 0 Å². The van der Waals surface area contributed by atoms with Crippen LogP contribution in [0, 0.1) is 5.92 Å². The Hall–Kier alpha value is -2.76. The Morgan fingerprint density at radius 1 is 1.10 bits per heavy atom. The predicted molar refractivity (Wildman–Crippen MR) is 109 cm³/mol. The van der Waals surface area contributed by atoms with Crippen molar-refractivity contribution in [2.24, 2.45) is 5.92 Å². The van der Waals surface area contributed by atoms with E-state index in [2.05, 4.69) is 38.0 Å². The smallest absolute Gasteiger partial charge is 0.351 e. The molecule has 0 unspecified atom stereocenters. The summed E-state index contributed by atoms with van der Waals surface area (Å²) in [6, 6.07) is 4.71. The van der Waals surface area contributed by atoms with Crippen LogP contribution in [0.4, 0.5) is 19.0 Å². The maximum Gasteiger partial charge on any atom is 0.417 e. The second-order valence-corrected chi connectivity index (χ2v) is 7.96. The summed E-state index contributed by atoms with van der Waals surface area (Å²) < 4.78 is 40.9. The van der Waals surface area contributed by atoms with E-state index < -0.39 is 11.7 Å². The second-order valence-electron chi connectivity index (χ2n) is 7.96. The third-order valence-electron chi connectivity index (χ3n) is 6.10. The molecule has 8 nitrogen and oxygen atoms in total. The van der Waals surface area contributed by atoms with Gasteiger partial charge in [0, 0.05) is 56.6 Å². The van der Waals surface area contributed by atoms with Crippen molar-refractivity contribution in [2.45, 2.75) is 25.2 Å². The van der Waals surface area contributed by atoms with Crippen LogP contribution in [-0.2, 0) is 6.18 Å². The monoisotopic (exact) mass is 432 g/mol. The maximum absolute atomic E-state index is 13.2. The van der Waals surface area contributed by atoms with Crippen molar-refractivity contribution >= 4 is 11.5 Å². The minimum absolute atomic E-state index is 0.196. The van der Waals surface area contributed by atoms with Gasteiger partial charge in [0.05, 0.1) is 11.8 Å². The van der Waals surface area contributed by atoms with Crippen LogP contribution in [0.3, 0.4) is 0 Å². The number of rotatable bonds is 3. The molecular formula is C20H23F3N8. The summed E-state index contributed by atoms with van der Waals surface area (Å²) in [6.07, 6.45) is -0.244. The van der Waals surface area contributed by atoms with E-state index in [1.807, 2.05) is 6.07 Å². The van der Waals surface area contributed by atoms with Gasteiger partial charge < -0.3 is 10.2 Å². The second kappa shape index (κ2) is 7.74. The summed E-state index contributed by atoms with van der Waals surface area (Å²) >= 11 is 0. The van der Waals surface area contributed by atoms with Crippen molar-refractivity contribution in [1.82, 2.24) is 35.5 Å². The van der Waals surface area contributed by atoms with Crippen molar-refractivity contribution in [2.75, 3.05) is 31.1 Å². The first-order valence-corrected chi connectivity index (χ1v) is 10.3. The van der Waals surface area contributed by atoms with Gasteiger partial charge in [-0.1, -0.05) is 0 Å². The molecule has 2 fully saturated rings. The summed E-state index contributed by atoms with van der Waals surface area (Å²) in [7, 11) is 0. The quantitative estimate of drug-likeness (QED) is 0.581. The molecule has 3 aromatic heterocycles. The molecule has 0 saturated carbocycles. The Kier molecular flexibility index (Phi) is 5.03. The van der Waals surface area contributed by atoms with Crippen LogP contribution in [-0.4, -0.2) is 57.6 Å². The zero-order valence-electron chi connectivity index (χ0n) is 16.9. The van der Waals surface area contributed by atoms with Gasteiger partial charge in [0.1, 0.15) is 17.2 Å². The summed E-state index contributed by atoms with van der Waals surface area (Å²) in [5.41, 5.74) is 6.45. The lowest BCUT2D eigenvalue weighted by Gasteiger charge is -2.43. The van der Waals surface area contributed by atoms with Crippen molar-refractivity contribution < 1.29 is 13.2 Å². The fraction of sp³-hybridized carbons (Fsp3) is 0.450. The number of halogens is 3. The van der Waals surface area contributed by atoms with Gasteiger partial charge >= 0.3 is 6.18 Å². The Bertz CT molecular complexity index is 1080. The molecule has 0 aliphatic carbocycles. The number of imidazole rings is 1. The molecule has 0 aromatic carbocycles. The van der Waals surface area contributed by atoms with Crippen LogP contribution in [0.25, 0.3) is 17.2 Å². The minimum Gasteiger partial charge on any atom is -0.351 e. The molecule has 2 aliphatic rings. The highest BCUT2D eigenvalue weighted by molar-refractivity contribution is 5.59. The molecule has 5 heterocycles. The Morgan fingerprint density at radius 2 is 1.90 bits per heavy atom. The summed E-state index contributed by atoms with van der Waals surface area (Å²) in [5.74, 6) is 1.55. The van der Waals surface area contributed by atoms with Crippen LogP contribution in [0.15, 0.2) is 36.8 Å². The highest BCUT2D eigenvalue weighted by atomic mass is 19.4. The molecule has 0 radical (unpaired) electrons. The van der Waals surface area contributed by atoms with Crippen molar-refractivity contribution in [3.05, 3.63) is 42.4 Å². The molecule has 0 bridgehead atoms. The Labute approximate surface area is 176 Å². The molecule has 3 aromatic rings. The SMILES string of the molecule is C[C@@H]1[C@H](C2CNNC2)NCCN1c1ccnc(-c2cnc3ccc(C(F)(F)F)cn23)n1. The molecule has 164 valence electrons. The molecule has 31 heavy (non-hydrogen) atoms. The van der Waals surface area contributed by atoms with Crippen LogP contribution in [0.5, 0.6) is 0 Å². The molecule has 11 heteroatoms. The number of alkyl halides is 3. The summed E-state index contributed by atoms with van der Waals surface area (Å²) in [5, 5.41) is 3.61. The number of aromatic nitrogens is 4. The van der Waals surface area contributed by atoms with E-state index in [0.717, 1.165) is 44.3 Å². The lowest BCUT2D eigenvalue weighted by Crippen LogP contribution is -2.60. The number of pyridine rings is 1. The van der Waals surface area contributed by atoms with E-state index in [0.29, 0.717) is 29.1 Å². The zero-order valence-corrected chi connectivity index (χ0v) is 16.9. The van der Waals surface area contributed by atoms with Crippen molar-refractivity contribution in [3.8, 4) is 11.5 Å². The van der Waals surface area contributed by atoms with Gasteiger partial charge in [-0.3, -0.25) is 15.3 Å². The lowest BCUT2D eigenvalue weighted by atomic mass is 9.92. The van der Waals surface area contributed by atoms with Crippen LogP contribution in [0.1, 0.15) is 12.5 Å². The Balaban J connectivity index is 1.48. The molecule has 2 saturated heterocycles. The molecule has 3 N–H and O–H groups in total. The third kappa shape index (κ3) is 3.73. The van der Waals surface area contributed by atoms with Crippen LogP contribution in [0.2, 0.25) is 0 Å². The zero-order chi connectivity index (χ0) is 21.6. The van der Waals surface area contributed by atoms with E-state index in [4.69, 9.17) is 4.98 Å². The summed E-state index contributed by atoms with van der Waals surface area (Å²) in [4.78, 5) is 15.5. The van der Waals surface area contributed by atoms with Gasteiger partial charge in [-0.2, -0.15) is 13.2 Å². The number of hydrogen-bond donors (Lipinski definition) is 3. The number of hydrogen-bond acceptors (Lipinski definition) is 7. The van der Waals surface area contributed by atoms with Crippen molar-refractivity contribution in [1.29, 1.82) is 0 Å². The number of piperazine rings is 1. The van der Waals surface area contributed by atoms with Gasteiger partial charge in [-0.25, -0.2) is 15.0 Å². The first-order chi connectivity index (χ1) is 14.9. The summed E-state index contributed by atoms with van der Waals surface area (Å²) in [6.45, 7) is 5.58. The Morgan fingerprint density at radius 3 is 2.68 bits per heavy atom. The normalized spacial score (nSPS) is 23.0. The average Bonchev–Trinajstić information content (AvgIpc) is 3.43. The third-order valence-corrected chi connectivity index (χ3v) is 6.10. The van der Waals surface area contributed by atoms with Gasteiger partial charge in [0.25, 0.3) is 0 Å². The lowest BCUT2D eigenvalue weighted by molar-refractivity contribution is -0.137. The topological polar surface area (TPSA) is 82.4 Å². The standard InChI is InChI=1S/C20H23F3N8/c1-12-18(13-8-27-28-9-13)24-6-7-30(12)17-4-5-25-19(29-17)15-10-26-16-3-2-14(11-31(15)16)20(21,22)23/h2-5,10-13,18,24,27-28H,6-9H2,1H3/t12-,18-/m1/s1. The predicted octanol–water partition coefficient (Wildman–Crippen LogP) is 1.70. The number of nitrogens with one attached hydrogen (secondary N) is 3. The number of nitrogens with zero attached hydrogens (tertiary/aromatic N) is 5.